The Labute approximate surface area is 176 Å². The molecule has 1 aliphatic heterocycles. The Bertz CT molecular complexity index is 821. The van der Waals surface area contributed by atoms with E-state index in [1.54, 1.807) is 25.1 Å². The molecule has 0 saturated carbocycles. The van der Waals surface area contributed by atoms with Gasteiger partial charge >= 0.3 is 11.9 Å². The molecular formula is C21H29N3O6. The molecule has 30 heavy (non-hydrogen) atoms. The summed E-state index contributed by atoms with van der Waals surface area (Å²) in [7, 11) is 5.07. The van der Waals surface area contributed by atoms with Gasteiger partial charge in [0.15, 0.2) is 5.41 Å². The van der Waals surface area contributed by atoms with Crippen molar-refractivity contribution in [3.05, 3.63) is 51.7 Å². The summed E-state index contributed by atoms with van der Waals surface area (Å²) < 4.78 is 10.6. The fourth-order valence-corrected chi connectivity index (χ4v) is 3.84. The molecule has 1 heterocycles. The number of rotatable bonds is 8. The highest BCUT2D eigenvalue weighted by atomic mass is 16.6. The Balaban J connectivity index is 2.48. The Morgan fingerprint density at radius 2 is 1.87 bits per heavy atom. The third-order valence-electron chi connectivity index (χ3n) is 5.34. The molecule has 3 unspecified atom stereocenters. The molecular weight excluding hydrogens is 390 g/mol. The van der Waals surface area contributed by atoms with E-state index in [9.17, 15) is 19.7 Å². The maximum absolute atomic E-state index is 13.3. The first-order chi connectivity index (χ1) is 14.1. The van der Waals surface area contributed by atoms with Crippen molar-refractivity contribution in [1.29, 1.82) is 0 Å². The molecule has 1 N–H and O–H groups in total. The summed E-state index contributed by atoms with van der Waals surface area (Å²) in [5.74, 6) is -2.10. The average molecular weight is 419 g/mol. The number of nitro groups is 1. The standard InChI is InChI=1S/C21H29N3O6/c1-14-13-18(16-7-9-17(10-8-16)24(27)28)21(15(2)22-14,19(25)29-5)20(26)30-12-6-11-23(3)4/h7-10,13,15,18,22H,6,11-12H2,1-5H3. The molecule has 0 aromatic heterocycles. The molecule has 9 heteroatoms. The van der Waals surface area contributed by atoms with E-state index >= 15 is 0 Å². The number of nitrogens with zero attached hydrogens (tertiary/aromatic N) is 2. The molecule has 0 aliphatic carbocycles. The summed E-state index contributed by atoms with van der Waals surface area (Å²) in [4.78, 5) is 38.8. The first-order valence-corrected chi connectivity index (χ1v) is 9.74. The van der Waals surface area contributed by atoms with Gasteiger partial charge in [-0.25, -0.2) is 0 Å². The summed E-state index contributed by atoms with van der Waals surface area (Å²) in [6.07, 6.45) is 2.38. The predicted molar refractivity (Wildman–Crippen MR) is 111 cm³/mol. The van der Waals surface area contributed by atoms with Crippen LogP contribution in [0.15, 0.2) is 36.0 Å². The van der Waals surface area contributed by atoms with Crippen molar-refractivity contribution in [2.75, 3.05) is 34.4 Å². The molecule has 2 rings (SSSR count). The van der Waals surface area contributed by atoms with Crippen molar-refractivity contribution in [3.63, 3.8) is 0 Å². The molecule has 0 bridgehead atoms. The van der Waals surface area contributed by atoms with E-state index in [0.717, 1.165) is 12.2 Å². The lowest BCUT2D eigenvalue weighted by molar-refractivity contribution is -0.384. The van der Waals surface area contributed by atoms with Gasteiger partial charge in [0.25, 0.3) is 5.69 Å². The number of hydrogen-bond donors (Lipinski definition) is 1. The third kappa shape index (κ3) is 4.62. The minimum Gasteiger partial charge on any atom is -0.468 e. The molecule has 1 aliphatic rings. The van der Waals surface area contributed by atoms with Crippen LogP contribution in [0, 0.1) is 15.5 Å². The van der Waals surface area contributed by atoms with Gasteiger partial charge in [0, 0.05) is 30.3 Å². The number of methoxy groups -OCH3 is 1. The lowest BCUT2D eigenvalue weighted by Gasteiger charge is -2.43. The Morgan fingerprint density at radius 3 is 2.40 bits per heavy atom. The summed E-state index contributed by atoms with van der Waals surface area (Å²) in [6.45, 7) is 4.46. The Kier molecular flexibility index (Phi) is 7.55. The lowest BCUT2D eigenvalue weighted by atomic mass is 9.65. The molecule has 0 radical (unpaired) electrons. The number of esters is 2. The van der Waals surface area contributed by atoms with Gasteiger partial charge < -0.3 is 19.7 Å². The number of benzene rings is 1. The second-order valence-electron chi connectivity index (χ2n) is 7.70. The molecule has 0 spiro atoms. The monoisotopic (exact) mass is 419 g/mol. The normalized spacial score (nSPS) is 23.3. The van der Waals surface area contributed by atoms with Crippen molar-refractivity contribution in [2.24, 2.45) is 5.41 Å². The predicted octanol–water partition coefficient (Wildman–Crippen LogP) is 2.23. The molecule has 9 nitrogen and oxygen atoms in total. The van der Waals surface area contributed by atoms with Crippen molar-refractivity contribution in [3.8, 4) is 0 Å². The van der Waals surface area contributed by atoms with Gasteiger partial charge in [-0.2, -0.15) is 0 Å². The van der Waals surface area contributed by atoms with Crippen molar-refractivity contribution < 1.29 is 24.0 Å². The maximum atomic E-state index is 13.3. The van der Waals surface area contributed by atoms with Gasteiger partial charge in [-0.15, -0.1) is 0 Å². The van der Waals surface area contributed by atoms with Crippen LogP contribution in [-0.4, -0.2) is 62.2 Å². The molecule has 0 fully saturated rings. The zero-order valence-corrected chi connectivity index (χ0v) is 18.0. The molecule has 164 valence electrons. The highest BCUT2D eigenvalue weighted by Crippen LogP contribution is 2.46. The zero-order chi connectivity index (χ0) is 22.5. The first-order valence-electron chi connectivity index (χ1n) is 9.74. The van der Waals surface area contributed by atoms with E-state index < -0.39 is 34.2 Å². The van der Waals surface area contributed by atoms with E-state index in [-0.39, 0.29) is 12.3 Å². The van der Waals surface area contributed by atoms with Crippen LogP contribution < -0.4 is 5.32 Å². The number of nitro benzene ring substituents is 1. The van der Waals surface area contributed by atoms with Crippen LogP contribution in [0.25, 0.3) is 0 Å². The van der Waals surface area contributed by atoms with E-state index in [1.165, 1.54) is 19.2 Å². The number of hydrogen-bond acceptors (Lipinski definition) is 8. The highest BCUT2D eigenvalue weighted by Gasteiger charge is 2.60. The van der Waals surface area contributed by atoms with Gasteiger partial charge in [0.1, 0.15) is 0 Å². The Hall–Kier alpha value is -2.94. The van der Waals surface area contributed by atoms with Gasteiger partial charge in [-0.3, -0.25) is 19.7 Å². The van der Waals surface area contributed by atoms with E-state index in [1.807, 2.05) is 25.9 Å². The molecule has 1 aromatic carbocycles. The number of non-ortho nitro benzene ring substituents is 1. The van der Waals surface area contributed by atoms with Crippen LogP contribution in [0.1, 0.15) is 31.7 Å². The van der Waals surface area contributed by atoms with E-state index in [0.29, 0.717) is 12.0 Å². The van der Waals surface area contributed by atoms with Crippen LogP contribution in [0.2, 0.25) is 0 Å². The van der Waals surface area contributed by atoms with Crippen molar-refractivity contribution in [2.45, 2.75) is 32.2 Å². The second-order valence-corrected chi connectivity index (χ2v) is 7.70. The fraction of sp³-hybridized carbons (Fsp3) is 0.524. The van der Waals surface area contributed by atoms with Gasteiger partial charge in [-0.1, -0.05) is 18.2 Å². The van der Waals surface area contributed by atoms with Crippen LogP contribution in [-0.2, 0) is 19.1 Å². The van der Waals surface area contributed by atoms with Crippen LogP contribution >= 0.6 is 0 Å². The highest BCUT2D eigenvalue weighted by molar-refractivity contribution is 6.03. The zero-order valence-electron chi connectivity index (χ0n) is 18.0. The van der Waals surface area contributed by atoms with Crippen LogP contribution in [0.5, 0.6) is 0 Å². The molecule has 0 saturated heterocycles. The largest absolute Gasteiger partial charge is 0.468 e. The van der Waals surface area contributed by atoms with Crippen LogP contribution in [0.3, 0.4) is 0 Å². The summed E-state index contributed by atoms with van der Waals surface area (Å²) >= 11 is 0. The Morgan fingerprint density at radius 1 is 1.23 bits per heavy atom. The maximum Gasteiger partial charge on any atom is 0.326 e. The number of carbonyl (C=O) groups is 2. The minimum absolute atomic E-state index is 0.0728. The fourth-order valence-electron chi connectivity index (χ4n) is 3.84. The summed E-state index contributed by atoms with van der Waals surface area (Å²) in [5, 5.41) is 14.2. The van der Waals surface area contributed by atoms with E-state index in [2.05, 4.69) is 5.32 Å². The number of allylic oxidation sites excluding steroid dienone is 2. The molecule has 3 atom stereocenters. The molecule has 1 aromatic rings. The third-order valence-corrected chi connectivity index (χ3v) is 5.34. The topological polar surface area (TPSA) is 111 Å². The average Bonchev–Trinajstić information content (AvgIpc) is 2.70. The second kappa shape index (κ2) is 9.71. The number of carbonyl (C=O) groups excluding carboxylic acids is 2. The minimum atomic E-state index is -1.66. The lowest BCUT2D eigenvalue weighted by Crippen LogP contribution is -2.59. The SMILES string of the molecule is COC(=O)C1(C(=O)OCCCN(C)C)C(C)NC(C)=CC1c1ccc([N+](=O)[O-])cc1. The number of ether oxygens (including phenoxy) is 2. The quantitative estimate of drug-likeness (QED) is 0.224. The van der Waals surface area contributed by atoms with Gasteiger partial charge in [0.2, 0.25) is 0 Å². The summed E-state index contributed by atoms with van der Waals surface area (Å²) in [5.41, 5.74) is -0.367. The van der Waals surface area contributed by atoms with Crippen molar-refractivity contribution in [1.82, 2.24) is 10.2 Å². The van der Waals surface area contributed by atoms with Gasteiger partial charge in [0.05, 0.1) is 24.7 Å². The smallest absolute Gasteiger partial charge is 0.326 e. The van der Waals surface area contributed by atoms with Crippen molar-refractivity contribution >= 4 is 17.6 Å². The van der Waals surface area contributed by atoms with Gasteiger partial charge in [-0.05, 0) is 39.9 Å². The van der Waals surface area contributed by atoms with Crippen LogP contribution in [0.4, 0.5) is 5.69 Å². The first kappa shape index (κ1) is 23.3. The van der Waals surface area contributed by atoms with E-state index in [4.69, 9.17) is 9.47 Å². The summed E-state index contributed by atoms with van der Waals surface area (Å²) in [6, 6.07) is 5.21. The molecule has 0 amide bonds. The number of nitrogens with one attached hydrogen (secondary N) is 1.